The van der Waals surface area contributed by atoms with E-state index in [0.717, 1.165) is 10.9 Å². The number of hydrogen-bond donors (Lipinski definition) is 1. The Morgan fingerprint density at radius 1 is 1.06 bits per heavy atom. The molecule has 0 saturated carbocycles. The Kier molecular flexibility index (Phi) is 3.17. The molecule has 0 aliphatic heterocycles. The van der Waals surface area contributed by atoms with Crippen LogP contribution in [0.3, 0.4) is 0 Å². The van der Waals surface area contributed by atoms with Gasteiger partial charge in [-0.15, -0.1) is 11.6 Å². The predicted octanol–water partition coefficient (Wildman–Crippen LogP) is 3.81. The van der Waals surface area contributed by atoms with Gasteiger partial charge in [0.1, 0.15) is 0 Å². The Bertz CT molecular complexity index is 505. The summed E-state index contributed by atoms with van der Waals surface area (Å²) >= 11 is 5.89. The quantitative estimate of drug-likeness (QED) is 0.784. The van der Waals surface area contributed by atoms with Gasteiger partial charge in [0, 0.05) is 0 Å². The second-order valence-electron chi connectivity index (χ2n) is 4.23. The van der Waals surface area contributed by atoms with Crippen LogP contribution in [0.25, 0.3) is 10.8 Å². The maximum Gasteiger partial charge on any atom is 0.0951 e. The maximum absolute atomic E-state index is 9.88. The molecule has 0 aliphatic carbocycles. The van der Waals surface area contributed by atoms with Crippen molar-refractivity contribution >= 4 is 22.4 Å². The molecule has 2 atom stereocenters. The molecule has 1 N–H and O–H groups in total. The summed E-state index contributed by atoms with van der Waals surface area (Å²) in [6.07, 6.45) is -0.604. The Labute approximate surface area is 101 Å². The lowest BCUT2D eigenvalue weighted by Gasteiger charge is -2.13. The largest absolute Gasteiger partial charge is 0.387 e. The van der Waals surface area contributed by atoms with Gasteiger partial charge in [0.2, 0.25) is 0 Å². The second kappa shape index (κ2) is 4.44. The predicted molar refractivity (Wildman–Crippen MR) is 69.0 cm³/mol. The van der Waals surface area contributed by atoms with Crippen molar-refractivity contribution in [3.8, 4) is 0 Å². The summed E-state index contributed by atoms with van der Waals surface area (Å²) in [7, 11) is 0. The van der Waals surface area contributed by atoms with Crippen molar-refractivity contribution in [3.05, 3.63) is 47.5 Å². The van der Waals surface area contributed by atoms with Gasteiger partial charge in [0.25, 0.3) is 0 Å². The number of fused-ring (bicyclic) bond motifs is 1. The van der Waals surface area contributed by atoms with Crippen molar-refractivity contribution in [2.24, 2.45) is 0 Å². The fourth-order valence-electron chi connectivity index (χ4n) is 1.83. The van der Waals surface area contributed by atoms with E-state index in [0.29, 0.717) is 0 Å². The zero-order valence-corrected chi connectivity index (χ0v) is 10.2. The van der Waals surface area contributed by atoms with E-state index in [2.05, 4.69) is 25.1 Å². The Morgan fingerprint density at radius 3 is 2.38 bits per heavy atom. The SMILES string of the molecule is Cc1ccc2cc(C(O)C(C)Cl)ccc2c1. The van der Waals surface area contributed by atoms with Crippen LogP contribution in [0.2, 0.25) is 0 Å². The number of benzene rings is 2. The van der Waals surface area contributed by atoms with E-state index in [4.69, 9.17) is 11.6 Å². The third-order valence-corrected chi connectivity index (χ3v) is 3.04. The monoisotopic (exact) mass is 234 g/mol. The zero-order chi connectivity index (χ0) is 11.7. The fraction of sp³-hybridized carbons (Fsp3) is 0.286. The molecule has 0 aliphatic rings. The number of hydrogen-bond acceptors (Lipinski definition) is 1. The van der Waals surface area contributed by atoms with E-state index in [1.54, 1.807) is 6.92 Å². The van der Waals surface area contributed by atoms with Crippen LogP contribution in [0.4, 0.5) is 0 Å². The van der Waals surface area contributed by atoms with Crippen LogP contribution >= 0.6 is 11.6 Å². The van der Waals surface area contributed by atoms with Crippen LogP contribution in [0.1, 0.15) is 24.2 Å². The summed E-state index contributed by atoms with van der Waals surface area (Å²) in [6, 6.07) is 12.2. The van der Waals surface area contributed by atoms with Gasteiger partial charge >= 0.3 is 0 Å². The molecule has 84 valence electrons. The minimum absolute atomic E-state index is 0.275. The van der Waals surface area contributed by atoms with Gasteiger partial charge in [-0.3, -0.25) is 0 Å². The van der Waals surface area contributed by atoms with Gasteiger partial charge in [0.05, 0.1) is 11.5 Å². The van der Waals surface area contributed by atoms with Crippen LogP contribution in [0.15, 0.2) is 36.4 Å². The van der Waals surface area contributed by atoms with E-state index in [1.165, 1.54) is 10.9 Å². The lowest BCUT2D eigenvalue weighted by Crippen LogP contribution is -2.07. The summed E-state index contributed by atoms with van der Waals surface area (Å²) in [5.74, 6) is 0. The molecule has 0 bridgehead atoms. The van der Waals surface area contributed by atoms with E-state index >= 15 is 0 Å². The molecule has 0 spiro atoms. The van der Waals surface area contributed by atoms with Crippen molar-refractivity contribution < 1.29 is 5.11 Å². The topological polar surface area (TPSA) is 20.2 Å². The molecule has 2 unspecified atom stereocenters. The molecule has 16 heavy (non-hydrogen) atoms. The van der Waals surface area contributed by atoms with Crippen LogP contribution in [-0.2, 0) is 0 Å². The van der Waals surface area contributed by atoms with Gasteiger partial charge in [-0.2, -0.15) is 0 Å². The third kappa shape index (κ3) is 2.21. The summed E-state index contributed by atoms with van der Waals surface area (Å²) in [5, 5.41) is 11.9. The molecular weight excluding hydrogens is 220 g/mol. The highest BCUT2D eigenvalue weighted by Crippen LogP contribution is 2.25. The first-order valence-corrected chi connectivity index (χ1v) is 5.84. The van der Waals surface area contributed by atoms with Gasteiger partial charge in [0.15, 0.2) is 0 Å². The van der Waals surface area contributed by atoms with Crippen molar-refractivity contribution in [2.45, 2.75) is 25.3 Å². The van der Waals surface area contributed by atoms with Gasteiger partial charge in [-0.1, -0.05) is 35.9 Å². The lowest BCUT2D eigenvalue weighted by atomic mass is 10.0. The first-order valence-electron chi connectivity index (χ1n) is 5.40. The summed E-state index contributed by atoms with van der Waals surface area (Å²) in [4.78, 5) is 0. The molecule has 1 nitrogen and oxygen atoms in total. The standard InChI is InChI=1S/C14H15ClO/c1-9-3-4-12-8-13(14(16)10(2)15)6-5-11(12)7-9/h3-8,10,14,16H,1-2H3. The molecule has 2 aromatic rings. The van der Waals surface area contributed by atoms with Crippen LogP contribution in [0, 0.1) is 6.92 Å². The third-order valence-electron chi connectivity index (χ3n) is 2.80. The molecule has 0 fully saturated rings. The number of alkyl halides is 1. The zero-order valence-electron chi connectivity index (χ0n) is 9.44. The summed E-state index contributed by atoms with van der Waals surface area (Å²) in [6.45, 7) is 3.87. The number of aliphatic hydroxyl groups excluding tert-OH is 1. The Hall–Kier alpha value is -1.05. The van der Waals surface area contributed by atoms with Crippen molar-refractivity contribution in [3.63, 3.8) is 0 Å². The minimum Gasteiger partial charge on any atom is -0.387 e. The minimum atomic E-state index is -0.604. The first kappa shape index (κ1) is 11.4. The molecule has 0 saturated heterocycles. The highest BCUT2D eigenvalue weighted by molar-refractivity contribution is 6.20. The van der Waals surface area contributed by atoms with Crippen LogP contribution in [-0.4, -0.2) is 10.5 Å². The number of rotatable bonds is 2. The van der Waals surface area contributed by atoms with Gasteiger partial charge < -0.3 is 5.11 Å². The lowest BCUT2D eigenvalue weighted by molar-refractivity contribution is 0.177. The Balaban J connectivity index is 2.48. The average molecular weight is 235 g/mol. The normalized spacial score (nSPS) is 15.0. The fourth-order valence-corrected chi connectivity index (χ4v) is 1.98. The highest BCUT2D eigenvalue weighted by atomic mass is 35.5. The van der Waals surface area contributed by atoms with Crippen molar-refractivity contribution in [1.82, 2.24) is 0 Å². The molecule has 2 aromatic carbocycles. The van der Waals surface area contributed by atoms with Crippen molar-refractivity contribution in [1.29, 1.82) is 0 Å². The molecule has 2 heteroatoms. The summed E-state index contributed by atoms with van der Waals surface area (Å²) in [5.41, 5.74) is 2.12. The molecule has 0 heterocycles. The molecular formula is C14H15ClO. The molecule has 0 amide bonds. The smallest absolute Gasteiger partial charge is 0.0951 e. The van der Waals surface area contributed by atoms with Gasteiger partial charge in [-0.05, 0) is 36.2 Å². The van der Waals surface area contributed by atoms with E-state index in [-0.39, 0.29) is 5.38 Å². The number of halogens is 1. The maximum atomic E-state index is 9.88. The van der Waals surface area contributed by atoms with Crippen molar-refractivity contribution in [2.75, 3.05) is 0 Å². The average Bonchev–Trinajstić information content (AvgIpc) is 2.27. The number of aliphatic hydroxyl groups is 1. The number of aryl methyl sites for hydroxylation is 1. The second-order valence-corrected chi connectivity index (χ2v) is 4.92. The van der Waals surface area contributed by atoms with Gasteiger partial charge in [-0.25, -0.2) is 0 Å². The van der Waals surface area contributed by atoms with Crippen LogP contribution in [0.5, 0.6) is 0 Å². The molecule has 0 radical (unpaired) electrons. The molecule has 0 aromatic heterocycles. The van der Waals surface area contributed by atoms with E-state index in [9.17, 15) is 5.11 Å². The first-order chi connectivity index (χ1) is 7.58. The summed E-state index contributed by atoms with van der Waals surface area (Å²) < 4.78 is 0. The van der Waals surface area contributed by atoms with E-state index in [1.807, 2.05) is 18.2 Å². The van der Waals surface area contributed by atoms with Crippen LogP contribution < -0.4 is 0 Å². The highest BCUT2D eigenvalue weighted by Gasteiger charge is 2.13. The Morgan fingerprint density at radius 2 is 1.69 bits per heavy atom. The molecule has 2 rings (SSSR count). The van der Waals surface area contributed by atoms with E-state index < -0.39 is 6.10 Å².